The van der Waals surface area contributed by atoms with Gasteiger partial charge in [-0.3, -0.25) is 4.79 Å². The molecule has 3 unspecified atom stereocenters. The van der Waals surface area contributed by atoms with E-state index >= 15 is 0 Å². The summed E-state index contributed by atoms with van der Waals surface area (Å²) in [5.74, 6) is 10.0. The predicted molar refractivity (Wildman–Crippen MR) is 193 cm³/mol. The highest BCUT2D eigenvalue weighted by atomic mass is 16.3. The van der Waals surface area contributed by atoms with E-state index in [0.717, 1.165) is 95.7 Å². The first-order chi connectivity index (χ1) is 23.4. The van der Waals surface area contributed by atoms with Crippen LogP contribution in [-0.4, -0.2) is 40.2 Å². The molecule has 3 aromatic rings. The standard InChI is InChI=1S/C44H53NO3/c1-44-30-39(43-37-21-19-36(46)29-35(37)18-20-38(43)40(44)22-23-41(44)47)34-16-14-31(15-17-34)10-6-3-2-4-9-13-42(48)45-26-24-33(25-27-45)28-32-11-7-5-8-12-32/h5,7-8,11-12,14-17,19,21,29,33,38-41,43,46-47H,2-4,9,13,18,20,22-28,30H2,1H3/t38?,39-,40?,41+,43?,44+/m1/s1. The molecule has 7 rings (SSSR count). The van der Waals surface area contributed by atoms with Crippen LogP contribution in [0.3, 0.4) is 0 Å². The first-order valence-corrected chi connectivity index (χ1v) is 18.8. The number of aromatic hydroxyl groups is 1. The molecule has 4 aliphatic rings. The molecule has 3 fully saturated rings. The third kappa shape index (κ3) is 6.95. The smallest absolute Gasteiger partial charge is 0.222 e. The number of nitrogens with zero attached hydrogens (tertiary/aromatic N) is 1. The highest BCUT2D eigenvalue weighted by Crippen LogP contribution is 2.65. The van der Waals surface area contributed by atoms with Crippen molar-refractivity contribution in [3.63, 3.8) is 0 Å². The maximum absolute atomic E-state index is 12.8. The molecule has 2 N–H and O–H groups in total. The van der Waals surface area contributed by atoms with Crippen molar-refractivity contribution >= 4 is 5.91 Å². The number of hydrogen-bond donors (Lipinski definition) is 2. The molecule has 1 aliphatic heterocycles. The maximum Gasteiger partial charge on any atom is 0.222 e. The lowest BCUT2D eigenvalue weighted by Gasteiger charge is -2.54. The zero-order chi connectivity index (χ0) is 33.1. The molecule has 4 nitrogen and oxygen atoms in total. The highest BCUT2D eigenvalue weighted by molar-refractivity contribution is 5.76. The molecule has 3 aromatic carbocycles. The van der Waals surface area contributed by atoms with E-state index < -0.39 is 0 Å². The lowest BCUT2D eigenvalue weighted by atomic mass is 9.51. The van der Waals surface area contributed by atoms with Gasteiger partial charge >= 0.3 is 0 Å². The number of rotatable bonds is 8. The third-order valence-electron chi connectivity index (χ3n) is 12.8. The van der Waals surface area contributed by atoms with Crippen LogP contribution < -0.4 is 0 Å². The molecule has 252 valence electrons. The molecular weight excluding hydrogens is 590 g/mol. The van der Waals surface area contributed by atoms with Crippen LogP contribution in [0.2, 0.25) is 0 Å². The summed E-state index contributed by atoms with van der Waals surface area (Å²) in [4.78, 5) is 14.9. The van der Waals surface area contributed by atoms with Gasteiger partial charge in [-0.1, -0.05) is 73.7 Å². The number of phenols is 1. The van der Waals surface area contributed by atoms with Crippen molar-refractivity contribution in [1.82, 2.24) is 4.90 Å². The summed E-state index contributed by atoms with van der Waals surface area (Å²) in [6.45, 7) is 4.15. The van der Waals surface area contributed by atoms with Gasteiger partial charge in [0.15, 0.2) is 0 Å². The Labute approximate surface area is 288 Å². The van der Waals surface area contributed by atoms with Gasteiger partial charge in [-0.25, -0.2) is 0 Å². The Bertz CT molecular complexity index is 1610. The number of carbonyl (C=O) groups excluding carboxylic acids is 1. The minimum atomic E-state index is -0.224. The second-order valence-electron chi connectivity index (χ2n) is 15.6. The zero-order valence-electron chi connectivity index (χ0n) is 28.7. The molecule has 48 heavy (non-hydrogen) atoms. The second kappa shape index (κ2) is 14.5. The van der Waals surface area contributed by atoms with Crippen molar-refractivity contribution in [2.75, 3.05) is 13.1 Å². The predicted octanol–water partition coefficient (Wildman–Crippen LogP) is 8.79. The van der Waals surface area contributed by atoms with Gasteiger partial charge in [0.1, 0.15) is 5.75 Å². The average molecular weight is 644 g/mol. The molecule has 0 aromatic heterocycles. The van der Waals surface area contributed by atoms with Gasteiger partial charge in [0.2, 0.25) is 5.91 Å². The van der Waals surface area contributed by atoms with E-state index in [-0.39, 0.29) is 11.5 Å². The quantitative estimate of drug-likeness (QED) is 0.191. The Kier molecular flexibility index (Phi) is 9.97. The largest absolute Gasteiger partial charge is 0.508 e. The number of phenolic OH excluding ortho intramolecular Hbond substituents is 1. The van der Waals surface area contributed by atoms with Gasteiger partial charge in [-0.2, -0.15) is 0 Å². The lowest BCUT2D eigenvalue weighted by molar-refractivity contribution is -0.132. The van der Waals surface area contributed by atoms with Gasteiger partial charge in [0.25, 0.3) is 0 Å². The summed E-state index contributed by atoms with van der Waals surface area (Å²) < 4.78 is 0. The molecule has 0 spiro atoms. The number of amides is 1. The number of aliphatic hydroxyl groups excluding tert-OH is 1. The molecule has 6 atom stereocenters. The van der Waals surface area contributed by atoms with Crippen molar-refractivity contribution in [3.8, 4) is 17.6 Å². The summed E-state index contributed by atoms with van der Waals surface area (Å²) in [6, 6.07) is 25.7. The van der Waals surface area contributed by atoms with Crippen LogP contribution in [0.15, 0.2) is 72.8 Å². The summed E-state index contributed by atoms with van der Waals surface area (Å²) in [5.41, 5.74) is 6.48. The Morgan fingerprint density at radius 2 is 1.71 bits per heavy atom. The number of fused-ring (bicyclic) bond motifs is 5. The SMILES string of the molecule is C[C@]12C[C@H](c3ccc(C#CCCCCCC(=O)N4CCC(Cc5ccccc5)CC4)cc3)C3c4ccc(O)cc4CCC3C1CC[C@@H]2O. The number of hydrogen-bond acceptors (Lipinski definition) is 3. The number of likely N-dealkylation sites (tertiary alicyclic amines) is 1. The molecule has 0 bridgehead atoms. The van der Waals surface area contributed by atoms with Crippen LogP contribution >= 0.6 is 0 Å². The molecular formula is C44H53NO3. The molecule has 1 amide bonds. The first kappa shape index (κ1) is 33.0. The van der Waals surface area contributed by atoms with Crippen LogP contribution in [0, 0.1) is 35.0 Å². The Hall–Kier alpha value is -3.55. The van der Waals surface area contributed by atoms with Crippen molar-refractivity contribution in [1.29, 1.82) is 0 Å². The topological polar surface area (TPSA) is 60.8 Å². The highest BCUT2D eigenvalue weighted by Gasteiger charge is 2.57. The maximum atomic E-state index is 12.8. The van der Waals surface area contributed by atoms with E-state index in [1.54, 1.807) is 0 Å². The van der Waals surface area contributed by atoms with E-state index in [0.29, 0.717) is 47.7 Å². The Morgan fingerprint density at radius 3 is 2.50 bits per heavy atom. The van der Waals surface area contributed by atoms with Gasteiger partial charge in [0.05, 0.1) is 6.10 Å². The van der Waals surface area contributed by atoms with E-state index in [2.05, 4.69) is 84.3 Å². The van der Waals surface area contributed by atoms with Crippen LogP contribution in [0.5, 0.6) is 5.75 Å². The van der Waals surface area contributed by atoms with Crippen LogP contribution in [0.25, 0.3) is 0 Å². The molecule has 4 heteroatoms. The number of piperidine rings is 1. The van der Waals surface area contributed by atoms with E-state index in [1.807, 2.05) is 12.1 Å². The fourth-order valence-corrected chi connectivity index (χ4v) is 10.1. The minimum Gasteiger partial charge on any atom is -0.508 e. The molecule has 2 saturated carbocycles. The third-order valence-corrected chi connectivity index (χ3v) is 12.8. The number of aliphatic hydroxyl groups is 1. The summed E-state index contributed by atoms with van der Waals surface area (Å²) in [7, 11) is 0. The lowest BCUT2D eigenvalue weighted by Crippen LogP contribution is -2.47. The van der Waals surface area contributed by atoms with Crippen molar-refractivity contribution in [2.24, 2.45) is 23.2 Å². The Morgan fingerprint density at radius 1 is 0.917 bits per heavy atom. The van der Waals surface area contributed by atoms with E-state index in [9.17, 15) is 15.0 Å². The number of unbranched alkanes of at least 4 members (excludes halogenated alkanes) is 3. The van der Waals surface area contributed by atoms with Gasteiger partial charge in [-0.15, -0.1) is 0 Å². The van der Waals surface area contributed by atoms with E-state index in [1.165, 1.54) is 22.3 Å². The molecule has 0 radical (unpaired) electrons. The zero-order valence-corrected chi connectivity index (χ0v) is 28.7. The van der Waals surface area contributed by atoms with Gasteiger partial charge < -0.3 is 15.1 Å². The van der Waals surface area contributed by atoms with Crippen LogP contribution in [0.4, 0.5) is 0 Å². The van der Waals surface area contributed by atoms with Crippen molar-refractivity contribution in [3.05, 3.63) is 101 Å². The summed E-state index contributed by atoms with van der Waals surface area (Å²) >= 11 is 0. The summed E-state index contributed by atoms with van der Waals surface area (Å²) in [6.07, 6.45) is 12.8. The fourth-order valence-electron chi connectivity index (χ4n) is 10.1. The minimum absolute atomic E-state index is 0.0390. The van der Waals surface area contributed by atoms with Crippen LogP contribution in [0.1, 0.15) is 117 Å². The van der Waals surface area contributed by atoms with Crippen LogP contribution in [-0.2, 0) is 17.6 Å². The van der Waals surface area contributed by atoms with Crippen molar-refractivity contribution < 1.29 is 15.0 Å². The normalized spacial score (nSPS) is 28.1. The fraction of sp³-hybridized carbons (Fsp3) is 0.523. The number of aryl methyl sites for hydroxylation is 1. The monoisotopic (exact) mass is 643 g/mol. The molecule has 1 saturated heterocycles. The molecule has 1 heterocycles. The molecule has 3 aliphatic carbocycles. The first-order valence-electron chi connectivity index (χ1n) is 18.8. The van der Waals surface area contributed by atoms with Gasteiger partial charge in [0, 0.05) is 31.5 Å². The Balaban J connectivity index is 0.891. The van der Waals surface area contributed by atoms with Crippen molar-refractivity contribution in [2.45, 2.75) is 108 Å². The second-order valence-corrected chi connectivity index (χ2v) is 15.6. The summed E-state index contributed by atoms with van der Waals surface area (Å²) in [5, 5.41) is 21.4. The van der Waals surface area contributed by atoms with Gasteiger partial charge in [-0.05, 0) is 146 Å². The average Bonchev–Trinajstić information content (AvgIpc) is 3.41. The number of benzene rings is 3. The van der Waals surface area contributed by atoms with E-state index in [4.69, 9.17) is 0 Å². The number of carbonyl (C=O) groups is 1.